The number of halogens is 1. The number of benzene rings is 1. The lowest BCUT2D eigenvalue weighted by Gasteiger charge is -2.32. The molecule has 4 amide bonds. The van der Waals surface area contributed by atoms with Crippen LogP contribution in [0, 0.1) is 29.5 Å². The van der Waals surface area contributed by atoms with Gasteiger partial charge < -0.3 is 26.0 Å². The highest BCUT2D eigenvalue weighted by atomic mass is 19.1. The largest absolute Gasteiger partial charge is 0.375 e. The number of carbonyl (C=O) groups excluding carboxylic acids is 4. The van der Waals surface area contributed by atoms with Crippen molar-refractivity contribution in [1.82, 2.24) is 20.0 Å². The average molecular weight is 741 g/mol. The third-order valence-corrected chi connectivity index (χ3v) is 9.78. The van der Waals surface area contributed by atoms with Gasteiger partial charge in [0.2, 0.25) is 17.7 Å². The lowest BCUT2D eigenvalue weighted by molar-refractivity contribution is -0.138. The van der Waals surface area contributed by atoms with E-state index in [1.165, 1.54) is 38.9 Å². The maximum atomic E-state index is 15.3. The second-order valence-electron chi connectivity index (χ2n) is 14.0. The molecule has 2 aliphatic rings. The number of primary amides is 1. The Labute approximate surface area is 316 Å². The smallest absolute Gasteiger partial charge is 0.266 e. The molecule has 1 heterocycles. The summed E-state index contributed by atoms with van der Waals surface area (Å²) in [5.74, 6) is -0.290. The van der Waals surface area contributed by atoms with Gasteiger partial charge in [-0.3, -0.25) is 23.9 Å². The van der Waals surface area contributed by atoms with Crippen LogP contribution in [0.4, 0.5) is 10.1 Å². The van der Waals surface area contributed by atoms with Crippen molar-refractivity contribution in [2.45, 2.75) is 118 Å². The van der Waals surface area contributed by atoms with Crippen molar-refractivity contribution in [3.63, 3.8) is 0 Å². The molecule has 0 radical (unpaired) electrons. The van der Waals surface area contributed by atoms with Gasteiger partial charge in [0.25, 0.3) is 5.91 Å². The van der Waals surface area contributed by atoms with Crippen molar-refractivity contribution in [3.05, 3.63) is 59.7 Å². The maximum absolute atomic E-state index is 15.3. The van der Waals surface area contributed by atoms with Gasteiger partial charge in [-0.25, -0.2) is 4.39 Å². The normalized spacial score (nSPS) is 15.4. The Hall–Kier alpha value is -4.06. The zero-order valence-corrected chi connectivity index (χ0v) is 33.3. The van der Waals surface area contributed by atoms with Crippen LogP contribution in [0.2, 0.25) is 0 Å². The lowest BCUT2D eigenvalue weighted by atomic mass is 9.91. The quantitative estimate of drug-likeness (QED) is 0.124. The molecule has 2 aromatic rings. The Balaban J connectivity index is 0.000000690. The van der Waals surface area contributed by atoms with E-state index in [4.69, 9.17) is 10.5 Å². The molecule has 3 atom stereocenters. The van der Waals surface area contributed by atoms with Crippen LogP contribution in [0.5, 0.6) is 0 Å². The molecule has 0 bridgehead atoms. The first-order valence-electron chi connectivity index (χ1n) is 19.6. The summed E-state index contributed by atoms with van der Waals surface area (Å²) in [7, 11) is 1.42. The number of aromatic nitrogens is 2. The standard InChI is InChI=1S/C33H50FN3O4.C6H9N3O.C2H6/c1-6-8-9-10-17-37(20-22(3)7-2)33(40)32(36-31(39)21-41-5)23(4)26-15-16-29(28(34)18-26)35-30(38)19-27(24-11-12-24)25-13-14-25;1-2-9-5(6(7)10)3-4-8-9;1-2/h9-10,15-16,18,22-25,27,32H,6-8,11-14,17,19-21H2,1-5H3,(H,35,38)(H,36,39);3-4H,2H2,1H3,(H2,7,10);1-2H3/b10-9-;;. The number of unbranched alkanes of at least 4 members (excludes halogenated alkanes) is 1. The van der Waals surface area contributed by atoms with E-state index >= 15 is 4.39 Å². The van der Waals surface area contributed by atoms with Gasteiger partial charge in [-0.2, -0.15) is 5.10 Å². The molecule has 2 saturated carbocycles. The molecule has 1 aromatic heterocycles. The second kappa shape index (κ2) is 23.6. The third kappa shape index (κ3) is 15.1. The van der Waals surface area contributed by atoms with Gasteiger partial charge in [-0.15, -0.1) is 0 Å². The number of hydrogen-bond donors (Lipinski definition) is 3. The first kappa shape index (κ1) is 45.1. The Morgan fingerprint density at radius 2 is 1.70 bits per heavy atom. The number of nitrogens with zero attached hydrogens (tertiary/aromatic N) is 3. The summed E-state index contributed by atoms with van der Waals surface area (Å²) in [4.78, 5) is 51.6. The number of carbonyl (C=O) groups is 4. The van der Waals surface area contributed by atoms with Crippen LogP contribution >= 0.6 is 0 Å². The summed E-state index contributed by atoms with van der Waals surface area (Å²) in [6.45, 7) is 15.5. The average Bonchev–Trinajstić information content (AvgIpc) is 4.10. The summed E-state index contributed by atoms with van der Waals surface area (Å²) < 4.78 is 21.8. The fourth-order valence-electron chi connectivity index (χ4n) is 6.27. The monoisotopic (exact) mass is 741 g/mol. The van der Waals surface area contributed by atoms with Gasteiger partial charge in [0, 0.05) is 45.3 Å². The number of nitrogens with one attached hydrogen (secondary N) is 2. The Kier molecular flexibility index (Phi) is 20.1. The van der Waals surface area contributed by atoms with Crippen molar-refractivity contribution in [2.75, 3.05) is 32.1 Å². The van der Waals surface area contributed by atoms with E-state index in [1.807, 2.05) is 33.8 Å². The molecule has 2 fully saturated rings. The number of aryl methyl sites for hydroxylation is 1. The van der Waals surface area contributed by atoms with E-state index in [0.29, 0.717) is 55.1 Å². The van der Waals surface area contributed by atoms with Crippen molar-refractivity contribution >= 4 is 29.3 Å². The zero-order chi connectivity index (χ0) is 39.5. The molecular formula is C41H65FN6O5. The van der Waals surface area contributed by atoms with Crippen molar-refractivity contribution in [3.8, 4) is 0 Å². The molecule has 3 unspecified atom stereocenters. The highest BCUT2D eigenvalue weighted by Crippen LogP contribution is 2.50. The van der Waals surface area contributed by atoms with Crippen molar-refractivity contribution in [1.29, 1.82) is 0 Å². The third-order valence-electron chi connectivity index (χ3n) is 9.78. The Morgan fingerprint density at radius 1 is 1.04 bits per heavy atom. The molecule has 0 aliphatic heterocycles. The summed E-state index contributed by atoms with van der Waals surface area (Å²) in [6.07, 6.45) is 13.7. The predicted molar refractivity (Wildman–Crippen MR) is 209 cm³/mol. The minimum absolute atomic E-state index is 0.141. The van der Waals surface area contributed by atoms with Crippen molar-refractivity contribution < 1.29 is 28.3 Å². The summed E-state index contributed by atoms with van der Waals surface area (Å²) in [6, 6.07) is 5.35. The van der Waals surface area contributed by atoms with Gasteiger partial charge in [-0.1, -0.05) is 72.6 Å². The SMILES string of the molecule is CC.CCC/C=C\CN(CC(C)CC)C(=O)C(NC(=O)COC)C(C)c1ccc(NC(=O)CC(C2CC2)C2CC2)c(F)c1.CCn1nccc1C(N)=O. The molecule has 2 aliphatic carbocycles. The van der Waals surface area contributed by atoms with E-state index in [-0.39, 0.29) is 30.0 Å². The molecule has 4 N–H and O–H groups in total. The number of nitrogens with two attached hydrogens (primary N) is 1. The Morgan fingerprint density at radius 3 is 2.21 bits per heavy atom. The first-order chi connectivity index (χ1) is 25.4. The topological polar surface area (TPSA) is 149 Å². The van der Waals surface area contributed by atoms with Crippen LogP contribution in [0.15, 0.2) is 42.6 Å². The van der Waals surface area contributed by atoms with Gasteiger partial charge >= 0.3 is 0 Å². The molecule has 12 heteroatoms. The van der Waals surface area contributed by atoms with Gasteiger partial charge in [0.05, 0.1) is 5.69 Å². The molecule has 53 heavy (non-hydrogen) atoms. The maximum Gasteiger partial charge on any atom is 0.266 e. The highest BCUT2D eigenvalue weighted by molar-refractivity contribution is 5.92. The van der Waals surface area contributed by atoms with Crippen LogP contribution in [0.25, 0.3) is 0 Å². The highest BCUT2D eigenvalue weighted by Gasteiger charge is 2.42. The number of allylic oxidation sites excluding steroid dienone is 1. The Bertz CT molecular complexity index is 1460. The molecule has 11 nitrogen and oxygen atoms in total. The minimum atomic E-state index is -0.904. The summed E-state index contributed by atoms with van der Waals surface area (Å²) in [5, 5.41) is 9.48. The lowest BCUT2D eigenvalue weighted by Crippen LogP contribution is -2.52. The van der Waals surface area contributed by atoms with Crippen LogP contribution in [-0.2, 0) is 25.7 Å². The van der Waals surface area contributed by atoms with Gasteiger partial charge in [-0.05, 0) is 86.5 Å². The molecule has 4 rings (SSSR count). The number of hydrogen-bond acceptors (Lipinski definition) is 6. The van der Waals surface area contributed by atoms with E-state index in [9.17, 15) is 19.2 Å². The number of rotatable bonds is 20. The van der Waals surface area contributed by atoms with E-state index < -0.39 is 29.6 Å². The second-order valence-corrected chi connectivity index (χ2v) is 14.0. The van der Waals surface area contributed by atoms with Crippen LogP contribution in [0.3, 0.4) is 0 Å². The van der Waals surface area contributed by atoms with E-state index in [1.54, 1.807) is 34.0 Å². The molecule has 0 saturated heterocycles. The zero-order valence-electron chi connectivity index (χ0n) is 33.3. The van der Waals surface area contributed by atoms with Crippen molar-refractivity contribution in [2.24, 2.45) is 29.4 Å². The number of anilines is 1. The summed E-state index contributed by atoms with van der Waals surface area (Å²) >= 11 is 0. The van der Waals surface area contributed by atoms with E-state index in [2.05, 4.69) is 42.6 Å². The fourth-order valence-corrected chi connectivity index (χ4v) is 6.27. The number of amides is 4. The van der Waals surface area contributed by atoms with Gasteiger partial charge in [0.15, 0.2) is 0 Å². The molecular weight excluding hydrogens is 675 g/mol. The molecule has 0 spiro atoms. The molecule has 1 aromatic carbocycles. The van der Waals surface area contributed by atoms with Crippen LogP contribution < -0.4 is 16.4 Å². The minimum Gasteiger partial charge on any atom is -0.375 e. The number of ether oxygens (including phenoxy) is 1. The van der Waals surface area contributed by atoms with Gasteiger partial charge in [0.1, 0.15) is 24.2 Å². The number of methoxy groups -OCH3 is 1. The molecule has 296 valence electrons. The fraction of sp³-hybridized carbons (Fsp3) is 0.634. The van der Waals surface area contributed by atoms with E-state index in [0.717, 1.165) is 19.3 Å². The van der Waals surface area contributed by atoms with Crippen LogP contribution in [0.1, 0.15) is 122 Å². The first-order valence-corrected chi connectivity index (χ1v) is 19.6. The predicted octanol–water partition coefficient (Wildman–Crippen LogP) is 7.08. The summed E-state index contributed by atoms with van der Waals surface area (Å²) in [5.41, 5.74) is 6.20. The van der Waals surface area contributed by atoms with Crippen LogP contribution in [-0.4, -0.2) is 71.2 Å².